The first-order valence-corrected chi connectivity index (χ1v) is 7.81. The van der Waals surface area contributed by atoms with Gasteiger partial charge in [-0.25, -0.2) is 4.39 Å². The van der Waals surface area contributed by atoms with Crippen LogP contribution in [0.4, 0.5) is 4.39 Å². The summed E-state index contributed by atoms with van der Waals surface area (Å²) in [6.07, 6.45) is 0. The SMILES string of the molecule is COc1cc(F)c(C(Cl)c2cccc(C)c2I)cc1OC. The zero-order valence-electron chi connectivity index (χ0n) is 11.9. The number of ether oxygens (including phenoxy) is 2. The average Bonchev–Trinajstić information content (AvgIpc) is 2.49. The monoisotopic (exact) mass is 420 g/mol. The van der Waals surface area contributed by atoms with Gasteiger partial charge in [0.2, 0.25) is 0 Å². The summed E-state index contributed by atoms with van der Waals surface area (Å²) in [5, 5.41) is -0.586. The number of rotatable bonds is 4. The number of hydrogen-bond donors (Lipinski definition) is 0. The zero-order chi connectivity index (χ0) is 15.6. The van der Waals surface area contributed by atoms with Crippen LogP contribution in [0.15, 0.2) is 30.3 Å². The Morgan fingerprint density at radius 3 is 2.33 bits per heavy atom. The summed E-state index contributed by atoms with van der Waals surface area (Å²) in [7, 11) is 2.98. The van der Waals surface area contributed by atoms with Gasteiger partial charge in [-0.2, -0.15) is 0 Å². The molecular weight excluding hydrogens is 406 g/mol. The van der Waals surface area contributed by atoms with E-state index >= 15 is 0 Å². The summed E-state index contributed by atoms with van der Waals surface area (Å²) >= 11 is 8.73. The topological polar surface area (TPSA) is 18.5 Å². The highest BCUT2D eigenvalue weighted by Crippen LogP contribution is 2.39. The van der Waals surface area contributed by atoms with Crippen LogP contribution in [-0.2, 0) is 0 Å². The molecule has 0 aromatic heterocycles. The predicted octanol–water partition coefficient (Wildman–Crippen LogP) is 5.08. The summed E-state index contributed by atoms with van der Waals surface area (Å²) in [6.45, 7) is 2.00. The summed E-state index contributed by atoms with van der Waals surface area (Å²) in [6, 6.07) is 8.71. The van der Waals surface area contributed by atoms with Crippen LogP contribution in [0.1, 0.15) is 22.1 Å². The van der Waals surface area contributed by atoms with Gasteiger partial charge in [-0.05, 0) is 46.7 Å². The number of hydrogen-bond acceptors (Lipinski definition) is 2. The fourth-order valence-corrected chi connectivity index (χ4v) is 3.30. The first-order chi connectivity index (χ1) is 9.99. The molecule has 2 nitrogen and oxygen atoms in total. The van der Waals surface area contributed by atoms with E-state index < -0.39 is 11.2 Å². The van der Waals surface area contributed by atoms with Gasteiger partial charge in [0.15, 0.2) is 11.5 Å². The maximum absolute atomic E-state index is 14.3. The summed E-state index contributed by atoms with van der Waals surface area (Å²) in [5.41, 5.74) is 2.36. The number of benzene rings is 2. The van der Waals surface area contributed by atoms with E-state index in [0.29, 0.717) is 17.1 Å². The van der Waals surface area contributed by atoms with Crippen LogP contribution in [0.5, 0.6) is 11.5 Å². The lowest BCUT2D eigenvalue weighted by Crippen LogP contribution is -2.02. The molecule has 0 N–H and O–H groups in total. The van der Waals surface area contributed by atoms with Gasteiger partial charge in [0.05, 0.1) is 19.6 Å². The number of aryl methyl sites for hydroxylation is 1. The van der Waals surface area contributed by atoms with Crippen molar-refractivity contribution in [3.8, 4) is 11.5 Å². The van der Waals surface area contributed by atoms with Gasteiger partial charge in [-0.1, -0.05) is 18.2 Å². The second-order valence-corrected chi connectivity index (χ2v) is 6.08. The molecule has 0 saturated carbocycles. The van der Waals surface area contributed by atoms with Gasteiger partial charge < -0.3 is 9.47 Å². The Morgan fingerprint density at radius 2 is 1.71 bits per heavy atom. The largest absolute Gasteiger partial charge is 0.493 e. The lowest BCUT2D eigenvalue weighted by atomic mass is 10.0. The fraction of sp³-hybridized carbons (Fsp3) is 0.250. The number of halogens is 3. The van der Waals surface area contributed by atoms with Gasteiger partial charge in [-0.15, -0.1) is 11.6 Å². The van der Waals surface area contributed by atoms with Crippen LogP contribution in [0, 0.1) is 16.3 Å². The molecule has 112 valence electrons. The predicted molar refractivity (Wildman–Crippen MR) is 91.1 cm³/mol. The molecule has 5 heteroatoms. The average molecular weight is 421 g/mol. The highest BCUT2D eigenvalue weighted by Gasteiger charge is 2.21. The third-order valence-electron chi connectivity index (χ3n) is 3.27. The Morgan fingerprint density at radius 1 is 1.10 bits per heavy atom. The van der Waals surface area contributed by atoms with Crippen molar-refractivity contribution in [3.05, 3.63) is 56.4 Å². The molecule has 0 saturated heterocycles. The molecule has 2 rings (SSSR count). The molecule has 0 bridgehead atoms. The molecule has 0 amide bonds. The highest BCUT2D eigenvalue weighted by molar-refractivity contribution is 14.1. The van der Waals surface area contributed by atoms with Crippen molar-refractivity contribution < 1.29 is 13.9 Å². The van der Waals surface area contributed by atoms with Gasteiger partial charge in [0.25, 0.3) is 0 Å². The van der Waals surface area contributed by atoms with Crippen molar-refractivity contribution in [2.24, 2.45) is 0 Å². The normalized spacial score (nSPS) is 12.1. The van der Waals surface area contributed by atoms with Crippen LogP contribution >= 0.6 is 34.2 Å². The molecule has 0 spiro atoms. The first-order valence-electron chi connectivity index (χ1n) is 6.30. The van der Waals surface area contributed by atoms with Gasteiger partial charge in [-0.3, -0.25) is 0 Å². The Labute approximate surface area is 142 Å². The number of methoxy groups -OCH3 is 2. The summed E-state index contributed by atoms with van der Waals surface area (Å²) in [4.78, 5) is 0. The molecule has 0 fully saturated rings. The second-order valence-electron chi connectivity index (χ2n) is 4.57. The zero-order valence-corrected chi connectivity index (χ0v) is 14.8. The van der Waals surface area contributed by atoms with E-state index in [1.54, 1.807) is 6.07 Å². The van der Waals surface area contributed by atoms with Crippen LogP contribution in [0.2, 0.25) is 0 Å². The molecule has 0 aliphatic rings. The molecular formula is C16H15ClFIO2. The van der Waals surface area contributed by atoms with Crippen LogP contribution in [0.3, 0.4) is 0 Å². The standard InChI is InChI=1S/C16H15ClFIO2/c1-9-5-4-6-10(16(9)19)15(17)11-7-13(20-2)14(21-3)8-12(11)18/h4-8,15H,1-3H3. The van der Waals surface area contributed by atoms with E-state index in [0.717, 1.165) is 14.7 Å². The minimum atomic E-state index is -0.586. The molecule has 0 radical (unpaired) electrons. The maximum Gasteiger partial charge on any atom is 0.163 e. The van der Waals surface area contributed by atoms with Crippen molar-refractivity contribution in [1.82, 2.24) is 0 Å². The number of alkyl halides is 1. The Hall–Kier alpha value is -1.01. The van der Waals surface area contributed by atoms with Crippen molar-refractivity contribution in [3.63, 3.8) is 0 Å². The highest BCUT2D eigenvalue weighted by atomic mass is 127. The van der Waals surface area contributed by atoms with E-state index in [-0.39, 0.29) is 0 Å². The van der Waals surface area contributed by atoms with Crippen molar-refractivity contribution in [1.29, 1.82) is 0 Å². The van der Waals surface area contributed by atoms with Crippen molar-refractivity contribution in [2.75, 3.05) is 14.2 Å². The summed E-state index contributed by atoms with van der Waals surface area (Å²) < 4.78 is 25.6. The first kappa shape index (κ1) is 16.4. The van der Waals surface area contributed by atoms with Crippen molar-refractivity contribution in [2.45, 2.75) is 12.3 Å². The van der Waals surface area contributed by atoms with Crippen LogP contribution in [0.25, 0.3) is 0 Å². The lowest BCUT2D eigenvalue weighted by Gasteiger charge is -2.17. The Bertz CT molecular complexity index is 661. The smallest absolute Gasteiger partial charge is 0.163 e. The molecule has 0 aliphatic carbocycles. The molecule has 0 heterocycles. The molecule has 0 aliphatic heterocycles. The molecule has 2 aromatic carbocycles. The van der Waals surface area contributed by atoms with Crippen molar-refractivity contribution >= 4 is 34.2 Å². The summed E-state index contributed by atoms with van der Waals surface area (Å²) in [5.74, 6) is 0.397. The molecule has 2 aromatic rings. The fourth-order valence-electron chi connectivity index (χ4n) is 2.10. The van der Waals surface area contributed by atoms with Gasteiger partial charge >= 0.3 is 0 Å². The van der Waals surface area contributed by atoms with E-state index in [1.807, 2.05) is 25.1 Å². The van der Waals surface area contributed by atoms with E-state index in [1.165, 1.54) is 20.3 Å². The molecule has 21 heavy (non-hydrogen) atoms. The van der Waals surface area contributed by atoms with Gasteiger partial charge in [0, 0.05) is 15.2 Å². The van der Waals surface area contributed by atoms with E-state index in [2.05, 4.69) is 22.6 Å². The maximum atomic E-state index is 14.3. The van der Waals surface area contributed by atoms with Gasteiger partial charge in [0.1, 0.15) is 5.82 Å². The van der Waals surface area contributed by atoms with E-state index in [4.69, 9.17) is 21.1 Å². The van der Waals surface area contributed by atoms with E-state index in [9.17, 15) is 4.39 Å². The second kappa shape index (κ2) is 6.83. The third-order valence-corrected chi connectivity index (χ3v) is 5.21. The van der Waals surface area contributed by atoms with Crippen LogP contribution < -0.4 is 9.47 Å². The quantitative estimate of drug-likeness (QED) is 0.507. The molecule has 1 atom stereocenters. The van der Waals surface area contributed by atoms with Crippen LogP contribution in [-0.4, -0.2) is 14.2 Å². The minimum Gasteiger partial charge on any atom is -0.493 e. The third kappa shape index (κ3) is 3.26. The Kier molecular flexibility index (Phi) is 5.32. The molecule has 1 unspecified atom stereocenters. The lowest BCUT2D eigenvalue weighted by molar-refractivity contribution is 0.351. The Balaban J connectivity index is 2.53. The minimum absolute atomic E-state index is 0.349.